The Morgan fingerprint density at radius 1 is 0.299 bits per heavy atom. The third-order valence-corrected chi connectivity index (χ3v) is 12.5. The van der Waals surface area contributed by atoms with Crippen LogP contribution in [0.4, 0.5) is 0 Å². The molecular formula is C61H108O6. The molecule has 0 saturated carbocycles. The van der Waals surface area contributed by atoms with E-state index in [2.05, 4.69) is 81.5 Å². The van der Waals surface area contributed by atoms with E-state index in [1.54, 1.807) is 0 Å². The van der Waals surface area contributed by atoms with E-state index < -0.39 is 6.10 Å². The highest BCUT2D eigenvalue weighted by Crippen LogP contribution is 2.16. The van der Waals surface area contributed by atoms with Gasteiger partial charge in [0.1, 0.15) is 13.2 Å². The molecule has 388 valence electrons. The molecule has 0 amide bonds. The minimum atomic E-state index is -0.788. The van der Waals surface area contributed by atoms with Crippen molar-refractivity contribution in [2.75, 3.05) is 13.2 Å². The summed E-state index contributed by atoms with van der Waals surface area (Å²) in [4.78, 5) is 38.1. The number of unbranched alkanes of at least 4 members (excludes halogenated alkanes) is 31. The molecule has 0 spiro atoms. The van der Waals surface area contributed by atoms with Crippen molar-refractivity contribution in [3.8, 4) is 0 Å². The molecule has 67 heavy (non-hydrogen) atoms. The number of carbonyl (C=O) groups excluding carboxylic acids is 3. The van der Waals surface area contributed by atoms with Gasteiger partial charge in [-0.2, -0.15) is 0 Å². The van der Waals surface area contributed by atoms with Crippen molar-refractivity contribution in [3.05, 3.63) is 60.8 Å². The summed E-state index contributed by atoms with van der Waals surface area (Å²) >= 11 is 0. The molecule has 0 N–H and O–H groups in total. The summed E-state index contributed by atoms with van der Waals surface area (Å²) in [6.07, 6.45) is 69.3. The number of carbonyl (C=O) groups is 3. The molecule has 6 nitrogen and oxygen atoms in total. The van der Waals surface area contributed by atoms with E-state index in [0.29, 0.717) is 19.3 Å². The molecule has 0 rings (SSSR count). The maximum atomic E-state index is 12.8. The van der Waals surface area contributed by atoms with Gasteiger partial charge in [-0.3, -0.25) is 14.4 Å². The Kier molecular flexibility index (Phi) is 53.3. The summed E-state index contributed by atoms with van der Waals surface area (Å²) in [7, 11) is 0. The monoisotopic (exact) mass is 937 g/mol. The van der Waals surface area contributed by atoms with E-state index in [1.807, 2.05) is 0 Å². The Balaban J connectivity index is 4.37. The molecule has 0 fully saturated rings. The van der Waals surface area contributed by atoms with E-state index in [9.17, 15) is 14.4 Å². The van der Waals surface area contributed by atoms with E-state index in [1.165, 1.54) is 161 Å². The minimum Gasteiger partial charge on any atom is -0.462 e. The SMILES string of the molecule is CCCC/C=C\CCCCCCCC(=O)OC[C@H](COC(=O)CCCCC/C=C\C/C=C\C/C=C\C/C=C\CCCCC)OC(=O)CCCCCCCCCCCCCCCCCCCCC. The summed E-state index contributed by atoms with van der Waals surface area (Å²) in [5, 5.41) is 0. The van der Waals surface area contributed by atoms with Crippen LogP contribution < -0.4 is 0 Å². The van der Waals surface area contributed by atoms with Gasteiger partial charge in [0.05, 0.1) is 0 Å². The third kappa shape index (κ3) is 53.9. The lowest BCUT2D eigenvalue weighted by molar-refractivity contribution is -0.167. The van der Waals surface area contributed by atoms with Crippen LogP contribution in [0, 0.1) is 0 Å². The zero-order valence-electron chi connectivity index (χ0n) is 44.4. The molecule has 0 aromatic heterocycles. The summed E-state index contributed by atoms with van der Waals surface area (Å²) in [6.45, 7) is 6.57. The lowest BCUT2D eigenvalue weighted by atomic mass is 10.0. The largest absolute Gasteiger partial charge is 0.462 e. The van der Waals surface area contributed by atoms with Crippen molar-refractivity contribution in [2.45, 2.75) is 297 Å². The van der Waals surface area contributed by atoms with Crippen molar-refractivity contribution in [2.24, 2.45) is 0 Å². The summed E-state index contributed by atoms with van der Waals surface area (Å²) in [5.41, 5.74) is 0. The van der Waals surface area contributed by atoms with Crippen LogP contribution in [-0.4, -0.2) is 37.2 Å². The van der Waals surface area contributed by atoms with Gasteiger partial charge in [-0.25, -0.2) is 0 Å². The third-order valence-electron chi connectivity index (χ3n) is 12.5. The normalized spacial score (nSPS) is 12.5. The molecule has 0 saturated heterocycles. The molecule has 0 aliphatic heterocycles. The van der Waals surface area contributed by atoms with Crippen molar-refractivity contribution in [1.29, 1.82) is 0 Å². The fraction of sp³-hybridized carbons (Fsp3) is 0.787. The maximum absolute atomic E-state index is 12.8. The number of hydrogen-bond acceptors (Lipinski definition) is 6. The van der Waals surface area contributed by atoms with Gasteiger partial charge in [0, 0.05) is 19.3 Å². The Morgan fingerprint density at radius 3 is 0.940 bits per heavy atom. The first kappa shape index (κ1) is 64.1. The number of hydrogen-bond donors (Lipinski definition) is 0. The second kappa shape index (κ2) is 55.7. The Morgan fingerprint density at radius 2 is 0.552 bits per heavy atom. The fourth-order valence-corrected chi connectivity index (χ4v) is 8.11. The highest BCUT2D eigenvalue weighted by Gasteiger charge is 2.19. The van der Waals surface area contributed by atoms with E-state index >= 15 is 0 Å². The van der Waals surface area contributed by atoms with Crippen LogP contribution in [0.5, 0.6) is 0 Å². The first-order valence-electron chi connectivity index (χ1n) is 28.8. The van der Waals surface area contributed by atoms with Crippen molar-refractivity contribution < 1.29 is 28.6 Å². The van der Waals surface area contributed by atoms with Crippen molar-refractivity contribution in [3.63, 3.8) is 0 Å². The molecule has 6 heteroatoms. The lowest BCUT2D eigenvalue weighted by Crippen LogP contribution is -2.30. The molecule has 1 atom stereocenters. The summed E-state index contributed by atoms with van der Waals surface area (Å²) in [5.74, 6) is -0.916. The number of allylic oxidation sites excluding steroid dienone is 10. The van der Waals surface area contributed by atoms with Gasteiger partial charge in [0.15, 0.2) is 6.10 Å². The molecular weight excluding hydrogens is 829 g/mol. The molecule has 0 aromatic carbocycles. The first-order valence-corrected chi connectivity index (χ1v) is 28.8. The average Bonchev–Trinajstić information content (AvgIpc) is 3.33. The molecule has 0 aliphatic carbocycles. The van der Waals surface area contributed by atoms with Gasteiger partial charge >= 0.3 is 17.9 Å². The highest BCUT2D eigenvalue weighted by molar-refractivity contribution is 5.71. The van der Waals surface area contributed by atoms with Gasteiger partial charge in [-0.15, -0.1) is 0 Å². The van der Waals surface area contributed by atoms with Crippen LogP contribution in [0.3, 0.4) is 0 Å². The average molecular weight is 938 g/mol. The minimum absolute atomic E-state index is 0.0868. The predicted octanol–water partition coefficient (Wildman–Crippen LogP) is 19.2. The summed E-state index contributed by atoms with van der Waals surface area (Å²) in [6, 6.07) is 0. The summed E-state index contributed by atoms with van der Waals surface area (Å²) < 4.78 is 16.8. The zero-order valence-corrected chi connectivity index (χ0v) is 44.4. The second-order valence-electron chi connectivity index (χ2n) is 19.2. The highest BCUT2D eigenvalue weighted by atomic mass is 16.6. The molecule has 0 bridgehead atoms. The van der Waals surface area contributed by atoms with Gasteiger partial charge in [0.25, 0.3) is 0 Å². The van der Waals surface area contributed by atoms with Gasteiger partial charge in [0.2, 0.25) is 0 Å². The first-order chi connectivity index (χ1) is 33.0. The quantitative estimate of drug-likeness (QED) is 0.0262. The number of rotatable bonds is 52. The molecule has 0 radical (unpaired) electrons. The van der Waals surface area contributed by atoms with E-state index in [4.69, 9.17) is 14.2 Å². The standard InChI is InChI=1S/C61H108O6/c1-4-7-10-13-16-19-22-24-26-28-30-32-34-36-39-42-45-48-51-54-60(63)66-57-58(56-65-59(62)53-50-47-44-41-38-21-18-15-12-9-6-3)67-61(64)55-52-49-46-43-40-37-35-33-31-29-27-25-23-20-17-14-11-8-5-2/h15-16,18-19,24,26,30,32,36,39,58H,4-14,17,20-23,25,27-29,31,33-35,37-38,40-57H2,1-3H3/b18-15-,19-16-,26-24-,32-30-,39-36-/t58-/m1/s1. The number of ether oxygens (including phenoxy) is 3. The van der Waals surface area contributed by atoms with Crippen molar-refractivity contribution in [1.82, 2.24) is 0 Å². The van der Waals surface area contributed by atoms with Crippen LogP contribution in [0.15, 0.2) is 60.8 Å². The second-order valence-corrected chi connectivity index (χ2v) is 19.2. The fourth-order valence-electron chi connectivity index (χ4n) is 8.11. The van der Waals surface area contributed by atoms with Crippen LogP contribution in [0.1, 0.15) is 290 Å². The smallest absolute Gasteiger partial charge is 0.306 e. The molecule has 0 unspecified atom stereocenters. The van der Waals surface area contributed by atoms with Gasteiger partial charge < -0.3 is 14.2 Å². The number of esters is 3. The molecule has 0 aromatic rings. The predicted molar refractivity (Wildman–Crippen MR) is 288 cm³/mol. The van der Waals surface area contributed by atoms with E-state index in [0.717, 1.165) is 89.9 Å². The van der Waals surface area contributed by atoms with Crippen LogP contribution in [0.25, 0.3) is 0 Å². The molecule has 0 aliphatic rings. The van der Waals surface area contributed by atoms with Crippen LogP contribution in [0.2, 0.25) is 0 Å². The van der Waals surface area contributed by atoms with Gasteiger partial charge in [-0.05, 0) is 83.5 Å². The molecule has 0 heterocycles. The maximum Gasteiger partial charge on any atom is 0.306 e. The topological polar surface area (TPSA) is 78.9 Å². The van der Waals surface area contributed by atoms with Crippen LogP contribution >= 0.6 is 0 Å². The van der Waals surface area contributed by atoms with Crippen LogP contribution in [-0.2, 0) is 28.6 Å². The zero-order chi connectivity index (χ0) is 48.6. The Labute approximate surface area is 415 Å². The van der Waals surface area contributed by atoms with Gasteiger partial charge in [-0.1, -0.05) is 248 Å². The Hall–Kier alpha value is -2.89. The van der Waals surface area contributed by atoms with Crippen molar-refractivity contribution >= 4 is 17.9 Å². The Bertz CT molecular complexity index is 1210. The van der Waals surface area contributed by atoms with E-state index in [-0.39, 0.29) is 31.1 Å². The lowest BCUT2D eigenvalue weighted by Gasteiger charge is -2.18.